The molecule has 1 aliphatic heterocycles. The Balaban J connectivity index is 2.77. The van der Waals surface area contributed by atoms with E-state index >= 15 is 0 Å². The summed E-state index contributed by atoms with van der Waals surface area (Å²) in [6.45, 7) is 9.28. The molecule has 0 aromatic rings. The number of ether oxygens (including phenoxy) is 1. The summed E-state index contributed by atoms with van der Waals surface area (Å²) in [5, 5.41) is 2.71. The Bertz CT molecular complexity index is 322. The number of carbonyl (C=O) groups excluding carboxylic acids is 2. The molecule has 98 valence electrons. The molecule has 1 rings (SSSR count). The monoisotopic (exact) mass is 242 g/mol. The van der Waals surface area contributed by atoms with Crippen molar-refractivity contribution in [3.63, 3.8) is 0 Å². The highest BCUT2D eigenvalue weighted by atomic mass is 16.5. The van der Waals surface area contributed by atoms with Crippen LogP contribution in [0, 0.1) is 0 Å². The molecule has 1 heterocycles. The number of piperazine rings is 1. The fourth-order valence-electron chi connectivity index (χ4n) is 1.87. The topological polar surface area (TPSA) is 58.6 Å². The van der Waals surface area contributed by atoms with E-state index in [2.05, 4.69) is 5.32 Å². The predicted octanol–water partition coefficient (Wildman–Crippen LogP) is 0.535. The van der Waals surface area contributed by atoms with Crippen LogP contribution in [-0.2, 0) is 14.3 Å². The average molecular weight is 242 g/mol. The number of nitrogens with one attached hydrogen (secondary N) is 1. The molecule has 2 amide bonds. The fourth-order valence-corrected chi connectivity index (χ4v) is 1.87. The summed E-state index contributed by atoms with van der Waals surface area (Å²) in [6, 6.07) is -1.01. The van der Waals surface area contributed by atoms with Crippen LogP contribution in [-0.4, -0.2) is 47.6 Å². The summed E-state index contributed by atoms with van der Waals surface area (Å²) in [6.07, 6.45) is -0.346. The van der Waals surface area contributed by atoms with E-state index in [-0.39, 0.29) is 23.5 Å². The quantitative estimate of drug-likeness (QED) is 0.768. The Labute approximate surface area is 102 Å². The van der Waals surface area contributed by atoms with Crippen molar-refractivity contribution >= 4 is 11.8 Å². The molecule has 3 atom stereocenters. The van der Waals surface area contributed by atoms with Crippen LogP contribution in [0.5, 0.6) is 0 Å². The standard InChI is InChI=1S/C12H22N2O3/c1-7-10(15)13-9(11(16)14(7)6)8(2)17-12(3,4)5/h7-9H,1-6H3,(H,13,15)/t7-,8+,9?/m0/s1. The molecule has 1 fully saturated rings. The van der Waals surface area contributed by atoms with Gasteiger partial charge in [-0.05, 0) is 34.6 Å². The Morgan fingerprint density at radius 2 is 1.88 bits per heavy atom. The fraction of sp³-hybridized carbons (Fsp3) is 0.833. The van der Waals surface area contributed by atoms with E-state index in [0.29, 0.717) is 0 Å². The third-order valence-electron chi connectivity index (χ3n) is 2.88. The first-order valence-electron chi connectivity index (χ1n) is 5.88. The van der Waals surface area contributed by atoms with E-state index < -0.39 is 12.1 Å². The summed E-state index contributed by atoms with van der Waals surface area (Å²) >= 11 is 0. The lowest BCUT2D eigenvalue weighted by molar-refractivity contribution is -0.154. The minimum absolute atomic E-state index is 0.103. The Morgan fingerprint density at radius 3 is 2.35 bits per heavy atom. The van der Waals surface area contributed by atoms with Gasteiger partial charge in [0.2, 0.25) is 11.8 Å². The molecule has 17 heavy (non-hydrogen) atoms. The number of nitrogens with zero attached hydrogens (tertiary/aromatic N) is 1. The van der Waals surface area contributed by atoms with Crippen LogP contribution < -0.4 is 5.32 Å². The smallest absolute Gasteiger partial charge is 0.248 e. The molecule has 1 N–H and O–H groups in total. The van der Waals surface area contributed by atoms with Gasteiger partial charge in [0, 0.05) is 7.05 Å². The minimum Gasteiger partial charge on any atom is -0.370 e. The van der Waals surface area contributed by atoms with Gasteiger partial charge in [0.15, 0.2) is 0 Å². The largest absolute Gasteiger partial charge is 0.370 e. The van der Waals surface area contributed by atoms with Crippen LogP contribution in [0.2, 0.25) is 0 Å². The van der Waals surface area contributed by atoms with Gasteiger partial charge in [0.25, 0.3) is 0 Å². The third kappa shape index (κ3) is 3.19. The number of amides is 2. The SMILES string of the molecule is C[C@@H](OC(C)(C)C)C1NC(=O)[C@H](C)N(C)C1=O. The van der Waals surface area contributed by atoms with Crippen molar-refractivity contribution in [1.82, 2.24) is 10.2 Å². The van der Waals surface area contributed by atoms with Crippen molar-refractivity contribution in [3.05, 3.63) is 0 Å². The summed E-state index contributed by atoms with van der Waals surface area (Å²) in [5.74, 6) is -0.240. The van der Waals surface area contributed by atoms with Crippen LogP contribution in [0.25, 0.3) is 0 Å². The summed E-state index contributed by atoms with van der Waals surface area (Å²) < 4.78 is 5.72. The highest BCUT2D eigenvalue weighted by molar-refractivity contribution is 5.96. The van der Waals surface area contributed by atoms with E-state index in [0.717, 1.165) is 0 Å². The zero-order valence-corrected chi connectivity index (χ0v) is 11.4. The van der Waals surface area contributed by atoms with Crippen molar-refractivity contribution < 1.29 is 14.3 Å². The lowest BCUT2D eigenvalue weighted by Crippen LogP contribution is -2.64. The van der Waals surface area contributed by atoms with Crippen molar-refractivity contribution in [2.24, 2.45) is 0 Å². The number of rotatable bonds is 2. The van der Waals surface area contributed by atoms with Gasteiger partial charge in [-0.15, -0.1) is 0 Å². The van der Waals surface area contributed by atoms with Gasteiger partial charge in [-0.1, -0.05) is 0 Å². The molecule has 0 radical (unpaired) electrons. The van der Waals surface area contributed by atoms with Crippen LogP contribution in [0.15, 0.2) is 0 Å². The number of hydrogen-bond acceptors (Lipinski definition) is 3. The zero-order valence-electron chi connectivity index (χ0n) is 11.4. The molecule has 5 nitrogen and oxygen atoms in total. The molecule has 0 bridgehead atoms. The van der Waals surface area contributed by atoms with Gasteiger partial charge < -0.3 is 15.0 Å². The first-order chi connectivity index (χ1) is 7.63. The summed E-state index contributed by atoms with van der Waals surface area (Å²) in [4.78, 5) is 25.2. The van der Waals surface area contributed by atoms with E-state index in [1.54, 1.807) is 20.9 Å². The van der Waals surface area contributed by atoms with E-state index in [4.69, 9.17) is 4.74 Å². The van der Waals surface area contributed by atoms with Crippen LogP contribution in [0.3, 0.4) is 0 Å². The third-order valence-corrected chi connectivity index (χ3v) is 2.88. The highest BCUT2D eigenvalue weighted by Crippen LogP contribution is 2.17. The van der Waals surface area contributed by atoms with Gasteiger partial charge in [-0.3, -0.25) is 9.59 Å². The molecule has 5 heteroatoms. The second-order valence-corrected chi connectivity index (χ2v) is 5.55. The molecule has 0 spiro atoms. The molecule has 1 aliphatic rings. The minimum atomic E-state index is -0.595. The van der Waals surface area contributed by atoms with Crippen LogP contribution in [0.1, 0.15) is 34.6 Å². The normalized spacial score (nSPS) is 28.0. The molecule has 0 aliphatic carbocycles. The maximum Gasteiger partial charge on any atom is 0.248 e. The van der Waals surface area contributed by atoms with Gasteiger partial charge in [-0.2, -0.15) is 0 Å². The van der Waals surface area contributed by atoms with Crippen molar-refractivity contribution in [3.8, 4) is 0 Å². The lowest BCUT2D eigenvalue weighted by Gasteiger charge is -2.38. The first-order valence-corrected chi connectivity index (χ1v) is 5.88. The van der Waals surface area contributed by atoms with Gasteiger partial charge >= 0.3 is 0 Å². The van der Waals surface area contributed by atoms with E-state index in [9.17, 15) is 9.59 Å². The molecule has 0 aromatic carbocycles. The Kier molecular flexibility index (Phi) is 3.81. The second kappa shape index (κ2) is 4.64. The van der Waals surface area contributed by atoms with Gasteiger partial charge in [-0.25, -0.2) is 0 Å². The van der Waals surface area contributed by atoms with Crippen molar-refractivity contribution in [1.29, 1.82) is 0 Å². The molecule has 0 aromatic heterocycles. The molecule has 0 saturated carbocycles. The van der Waals surface area contributed by atoms with Crippen molar-refractivity contribution in [2.75, 3.05) is 7.05 Å². The second-order valence-electron chi connectivity index (χ2n) is 5.55. The first kappa shape index (κ1) is 14.0. The van der Waals surface area contributed by atoms with Gasteiger partial charge in [0.05, 0.1) is 11.7 Å². The summed E-state index contributed by atoms with van der Waals surface area (Å²) in [7, 11) is 1.64. The maximum atomic E-state index is 12.0. The highest BCUT2D eigenvalue weighted by Gasteiger charge is 2.40. The summed E-state index contributed by atoms with van der Waals surface area (Å²) in [5.41, 5.74) is -0.341. The lowest BCUT2D eigenvalue weighted by atomic mass is 10.0. The molecular formula is C12H22N2O3. The van der Waals surface area contributed by atoms with Crippen LogP contribution >= 0.6 is 0 Å². The number of carbonyl (C=O) groups is 2. The van der Waals surface area contributed by atoms with E-state index in [1.807, 2.05) is 20.8 Å². The predicted molar refractivity (Wildman–Crippen MR) is 64.5 cm³/mol. The van der Waals surface area contributed by atoms with E-state index in [1.165, 1.54) is 4.90 Å². The molecular weight excluding hydrogens is 220 g/mol. The zero-order chi connectivity index (χ0) is 13.4. The molecule has 1 saturated heterocycles. The van der Waals surface area contributed by atoms with Crippen LogP contribution in [0.4, 0.5) is 0 Å². The van der Waals surface area contributed by atoms with Gasteiger partial charge in [0.1, 0.15) is 12.1 Å². The number of hydrogen-bond donors (Lipinski definition) is 1. The Morgan fingerprint density at radius 1 is 1.35 bits per heavy atom. The average Bonchev–Trinajstić information content (AvgIpc) is 2.17. The maximum absolute atomic E-state index is 12.0. The molecule has 1 unspecified atom stereocenters. The Hall–Kier alpha value is -1.10. The number of likely N-dealkylation sites (N-methyl/N-ethyl adjacent to an activating group) is 1. The van der Waals surface area contributed by atoms with Crippen molar-refractivity contribution in [2.45, 2.75) is 58.4 Å².